The molecule has 0 saturated carbocycles. The number of anilines is 1. The number of nitrogens with zero attached hydrogens (tertiary/aromatic N) is 1. The fourth-order valence-corrected chi connectivity index (χ4v) is 3.81. The minimum Gasteiger partial charge on any atom is -0.497 e. The van der Waals surface area contributed by atoms with Crippen LogP contribution in [0, 0.1) is 11.2 Å². The molecule has 0 radical (unpaired) electrons. The zero-order valence-electron chi connectivity index (χ0n) is 20.3. The van der Waals surface area contributed by atoms with Crippen LogP contribution in [0.25, 0.3) is 11.3 Å². The van der Waals surface area contributed by atoms with E-state index < -0.39 is 11.9 Å². The molecule has 186 valence electrons. The zero-order valence-corrected chi connectivity index (χ0v) is 20.3. The van der Waals surface area contributed by atoms with Gasteiger partial charge in [0.2, 0.25) is 0 Å². The Bertz CT molecular complexity index is 1340. The first-order valence-electron chi connectivity index (χ1n) is 11.3. The van der Waals surface area contributed by atoms with Crippen LogP contribution in [0.2, 0.25) is 0 Å². The number of nitrogen functional groups attached to an aromatic ring is 1. The lowest BCUT2D eigenvalue weighted by molar-refractivity contribution is 0.331. The molecule has 4 aromatic rings. The summed E-state index contributed by atoms with van der Waals surface area (Å²) in [5, 5.41) is 11.0. The lowest BCUT2D eigenvalue weighted by Crippen LogP contribution is -2.17. The summed E-state index contributed by atoms with van der Waals surface area (Å²) >= 11 is 0. The van der Waals surface area contributed by atoms with E-state index in [4.69, 9.17) is 25.4 Å². The van der Waals surface area contributed by atoms with Crippen molar-refractivity contribution in [3.63, 3.8) is 0 Å². The van der Waals surface area contributed by atoms with Gasteiger partial charge in [0, 0.05) is 22.9 Å². The van der Waals surface area contributed by atoms with Crippen LogP contribution in [0.3, 0.4) is 0 Å². The van der Waals surface area contributed by atoms with Gasteiger partial charge >= 0.3 is 0 Å². The van der Waals surface area contributed by atoms with Crippen LogP contribution >= 0.6 is 0 Å². The Morgan fingerprint density at radius 1 is 1.06 bits per heavy atom. The normalized spacial score (nSPS) is 11.6. The number of hydrogen-bond donors (Lipinski definition) is 4. The standard InChI is InChI=1S/C27H28FN5O3/c1-4-36-20-13-21(24(28)23(14-20)35-3)25(32-18-9-5-17(6-10-18)26(29)30)27-31-15-22(33-27)16-7-11-19(34-2)12-8-16/h5-15,25,32H,4H2,1-3H3,(H3,29,30)(H,31,33). The molecule has 0 bridgehead atoms. The second kappa shape index (κ2) is 10.8. The number of nitrogens with two attached hydrogens (primary N) is 1. The molecule has 1 atom stereocenters. The van der Waals surface area contributed by atoms with Crippen LogP contribution in [0.1, 0.15) is 29.9 Å². The number of ether oxygens (including phenoxy) is 3. The Kier molecular flexibility index (Phi) is 7.39. The second-order valence-electron chi connectivity index (χ2n) is 7.94. The summed E-state index contributed by atoms with van der Waals surface area (Å²) in [5.74, 6) is 1.22. The van der Waals surface area contributed by atoms with Crippen LogP contribution < -0.4 is 25.3 Å². The van der Waals surface area contributed by atoms with E-state index in [1.807, 2.05) is 31.2 Å². The van der Waals surface area contributed by atoms with E-state index >= 15 is 4.39 Å². The summed E-state index contributed by atoms with van der Waals surface area (Å²) in [6.07, 6.45) is 1.70. The summed E-state index contributed by atoms with van der Waals surface area (Å²) in [6.45, 7) is 2.27. The third-order valence-electron chi connectivity index (χ3n) is 5.66. The monoisotopic (exact) mass is 489 g/mol. The Balaban J connectivity index is 1.78. The molecule has 1 heterocycles. The van der Waals surface area contributed by atoms with Crippen LogP contribution in [-0.2, 0) is 0 Å². The average Bonchev–Trinajstić information content (AvgIpc) is 3.39. The summed E-state index contributed by atoms with van der Waals surface area (Å²) < 4.78 is 31.8. The van der Waals surface area contributed by atoms with Gasteiger partial charge in [0.1, 0.15) is 29.2 Å². The molecule has 1 aromatic heterocycles. The molecule has 1 unspecified atom stereocenters. The number of hydrogen-bond acceptors (Lipinski definition) is 6. The molecule has 0 aliphatic heterocycles. The Morgan fingerprint density at radius 3 is 2.39 bits per heavy atom. The first kappa shape index (κ1) is 24.6. The maximum Gasteiger partial charge on any atom is 0.171 e. The number of methoxy groups -OCH3 is 2. The molecule has 36 heavy (non-hydrogen) atoms. The Morgan fingerprint density at radius 2 is 1.78 bits per heavy atom. The first-order valence-corrected chi connectivity index (χ1v) is 11.3. The maximum absolute atomic E-state index is 15.6. The van der Waals surface area contributed by atoms with Gasteiger partial charge in [-0.3, -0.25) is 5.41 Å². The van der Waals surface area contributed by atoms with Crippen LogP contribution in [-0.4, -0.2) is 36.6 Å². The number of imidazole rings is 1. The van der Waals surface area contributed by atoms with Gasteiger partial charge in [0.05, 0.1) is 32.7 Å². The molecule has 5 N–H and O–H groups in total. The fourth-order valence-electron chi connectivity index (χ4n) is 3.81. The highest BCUT2D eigenvalue weighted by molar-refractivity contribution is 5.95. The van der Waals surface area contributed by atoms with E-state index in [-0.39, 0.29) is 11.6 Å². The van der Waals surface area contributed by atoms with Gasteiger partial charge in [0.25, 0.3) is 0 Å². The van der Waals surface area contributed by atoms with Crippen molar-refractivity contribution in [3.8, 4) is 28.5 Å². The van der Waals surface area contributed by atoms with Gasteiger partial charge in [-0.2, -0.15) is 0 Å². The van der Waals surface area contributed by atoms with Crippen molar-refractivity contribution in [2.45, 2.75) is 13.0 Å². The molecule has 0 fully saturated rings. The lowest BCUT2D eigenvalue weighted by atomic mass is 10.0. The van der Waals surface area contributed by atoms with Crippen molar-refractivity contribution < 1.29 is 18.6 Å². The summed E-state index contributed by atoms with van der Waals surface area (Å²) in [4.78, 5) is 7.89. The average molecular weight is 490 g/mol. The molecular weight excluding hydrogens is 461 g/mol. The second-order valence-corrected chi connectivity index (χ2v) is 7.94. The minimum atomic E-state index is -0.713. The van der Waals surface area contributed by atoms with Crippen LogP contribution in [0.5, 0.6) is 17.2 Å². The molecule has 0 saturated heterocycles. The van der Waals surface area contributed by atoms with Crippen LogP contribution in [0.15, 0.2) is 66.9 Å². The molecule has 0 spiro atoms. The summed E-state index contributed by atoms with van der Waals surface area (Å²) in [5.41, 5.74) is 8.82. The van der Waals surface area contributed by atoms with E-state index in [2.05, 4.69) is 15.3 Å². The van der Waals surface area contributed by atoms with Crippen molar-refractivity contribution in [1.82, 2.24) is 9.97 Å². The topological polar surface area (TPSA) is 118 Å². The quantitative estimate of drug-likeness (QED) is 0.181. The highest BCUT2D eigenvalue weighted by atomic mass is 19.1. The fraction of sp³-hybridized carbons (Fsp3) is 0.185. The summed E-state index contributed by atoms with van der Waals surface area (Å²) in [7, 11) is 3.03. The predicted octanol–water partition coefficient (Wildman–Crippen LogP) is 5.12. The number of aromatic amines is 1. The zero-order chi connectivity index (χ0) is 25.7. The number of amidine groups is 1. The van der Waals surface area contributed by atoms with Gasteiger partial charge in [-0.1, -0.05) is 0 Å². The molecule has 0 amide bonds. The molecule has 3 aromatic carbocycles. The number of nitrogens with one attached hydrogen (secondary N) is 3. The van der Waals surface area contributed by atoms with Gasteiger partial charge in [-0.05, 0) is 67.1 Å². The molecular formula is C27H28FN5O3. The largest absolute Gasteiger partial charge is 0.497 e. The van der Waals surface area contributed by atoms with Crippen molar-refractivity contribution in [1.29, 1.82) is 5.41 Å². The molecule has 0 aliphatic rings. The van der Waals surface area contributed by atoms with Crippen molar-refractivity contribution in [3.05, 3.63) is 89.6 Å². The van der Waals surface area contributed by atoms with E-state index in [1.54, 1.807) is 43.6 Å². The smallest absolute Gasteiger partial charge is 0.171 e. The van der Waals surface area contributed by atoms with Crippen molar-refractivity contribution in [2.24, 2.45) is 5.73 Å². The van der Waals surface area contributed by atoms with Crippen molar-refractivity contribution in [2.75, 3.05) is 26.1 Å². The third-order valence-corrected chi connectivity index (χ3v) is 5.66. The number of aromatic nitrogens is 2. The van der Waals surface area contributed by atoms with Gasteiger partial charge in [-0.25, -0.2) is 9.37 Å². The number of halogens is 1. The molecule has 9 heteroatoms. The van der Waals surface area contributed by atoms with E-state index in [0.717, 1.165) is 17.0 Å². The van der Waals surface area contributed by atoms with E-state index in [1.165, 1.54) is 13.2 Å². The van der Waals surface area contributed by atoms with Gasteiger partial charge in [-0.15, -0.1) is 0 Å². The molecule has 4 rings (SSSR count). The van der Waals surface area contributed by atoms with Gasteiger partial charge in [0.15, 0.2) is 11.6 Å². The number of benzene rings is 3. The van der Waals surface area contributed by atoms with E-state index in [9.17, 15) is 0 Å². The molecule has 8 nitrogen and oxygen atoms in total. The van der Waals surface area contributed by atoms with E-state index in [0.29, 0.717) is 35.0 Å². The first-order chi connectivity index (χ1) is 17.4. The highest BCUT2D eigenvalue weighted by Gasteiger charge is 2.25. The SMILES string of the molecule is CCOc1cc(OC)c(F)c(C(Nc2ccc(C(=N)N)cc2)c2ncc(-c3ccc(OC)cc3)[nH]2)c1. The third kappa shape index (κ3) is 5.25. The molecule has 0 aliphatic carbocycles. The van der Waals surface area contributed by atoms with Gasteiger partial charge < -0.3 is 30.2 Å². The number of H-pyrrole nitrogens is 1. The lowest BCUT2D eigenvalue weighted by Gasteiger charge is -2.21. The minimum absolute atomic E-state index is 0.0338. The Labute approximate surface area is 208 Å². The summed E-state index contributed by atoms with van der Waals surface area (Å²) in [6, 6.07) is 17.0. The van der Waals surface area contributed by atoms with Crippen molar-refractivity contribution >= 4 is 11.5 Å². The Hall–Kier alpha value is -4.53. The highest BCUT2D eigenvalue weighted by Crippen LogP contribution is 2.36. The number of rotatable bonds is 10. The maximum atomic E-state index is 15.6. The van der Waals surface area contributed by atoms with Crippen LogP contribution in [0.4, 0.5) is 10.1 Å². The predicted molar refractivity (Wildman–Crippen MR) is 138 cm³/mol.